The van der Waals surface area contributed by atoms with Crippen molar-refractivity contribution < 1.29 is 51.8 Å². The van der Waals surface area contributed by atoms with Gasteiger partial charge in [-0.15, -0.1) is 22.1 Å². The summed E-state index contributed by atoms with van der Waals surface area (Å²) in [5.41, 5.74) is 15.4. The van der Waals surface area contributed by atoms with Crippen LogP contribution in [-0.4, -0.2) is 38.5 Å². The normalized spacial score (nSPS) is 13.8. The quantitative estimate of drug-likeness (QED) is 0.0535. The molecule has 0 radical (unpaired) electrons. The van der Waals surface area contributed by atoms with E-state index in [1.165, 1.54) is 22.3 Å². The molecule has 3 aromatic heterocycles. The summed E-state index contributed by atoms with van der Waals surface area (Å²) in [7, 11) is 0. The Balaban J connectivity index is 0.00000925. The molecule has 4 N–H and O–H groups in total. The Morgan fingerprint density at radius 3 is 1.82 bits per heavy atom. The molecule has 65 heavy (non-hydrogen) atoms. The summed E-state index contributed by atoms with van der Waals surface area (Å²) in [6, 6.07) is 7.28. The SMILES string of the molecule is C=CC1=C(C)c2cc3[n-]c(cc4[nH+]c(cc5[n-]c(cc1n2)c(C)c5CCC(=O)O)C(CCC(=O)O)=C4C=O)c(C)c3[C@@H](O)CC/C=C(/C)CC/C=C(\C)CC/C=C(/C)CCC=C(C)C.[Fe+2]. The zero-order chi connectivity index (χ0) is 46.7. The maximum atomic E-state index is 12.8. The molecule has 0 unspecified atom stereocenters. The number of aldehydes is 1. The van der Waals surface area contributed by atoms with Gasteiger partial charge in [0, 0.05) is 24.0 Å². The van der Waals surface area contributed by atoms with Crippen LogP contribution in [0.4, 0.5) is 0 Å². The summed E-state index contributed by atoms with van der Waals surface area (Å²) in [5.74, 6) is -1.96. The number of rotatable bonds is 21. The van der Waals surface area contributed by atoms with E-state index >= 15 is 0 Å². The molecule has 5 rings (SSSR count). The summed E-state index contributed by atoms with van der Waals surface area (Å²) in [5, 5.41) is 31.2. The molecule has 3 aromatic rings. The van der Waals surface area contributed by atoms with Crippen molar-refractivity contribution in [2.75, 3.05) is 0 Å². The number of aliphatic carboxylic acids is 2. The van der Waals surface area contributed by atoms with Crippen molar-refractivity contribution in [3.8, 4) is 0 Å². The van der Waals surface area contributed by atoms with Gasteiger partial charge in [-0.1, -0.05) is 88.1 Å². The van der Waals surface area contributed by atoms with Gasteiger partial charge >= 0.3 is 29.0 Å². The van der Waals surface area contributed by atoms with Gasteiger partial charge in [-0.2, -0.15) is 0 Å². The molecule has 0 aliphatic carbocycles. The molecule has 0 amide bonds. The van der Waals surface area contributed by atoms with Crippen molar-refractivity contribution in [2.45, 2.75) is 139 Å². The standard InChI is InChI=1S/C54H66N4O6.Fe/c1-10-39-36(7)44-29-50-54(51(60)22-14-21-35(6)20-13-19-34(5)18-12-17-33(4)16-11-15-32(2)3)38(9)45(57-50)28-49-42(31-59)41(24-26-53(63)64)48(58-49)30-47-40(23-25-52(61)62)37(8)43(56-47)27-46(39)55-44;/h10,15,17,19,21,27-31,51,60H,1,11-14,16,18,20,22-26H2,2-9H3,(H4,55,56,57,58,59,61,62,63,64);/q;+2/p-1/b33-17-,34-19+,35-21-,43-27?,44-29?,45-28?,46-27?,47-30?,48-30?,49-28?,50-29?;/t51-;/m0./s1. The number of hydrogen-bond donors (Lipinski definition) is 3. The van der Waals surface area contributed by atoms with Crippen LogP contribution in [0.15, 0.2) is 83.5 Å². The van der Waals surface area contributed by atoms with Crippen LogP contribution in [0.25, 0.3) is 44.4 Å². The van der Waals surface area contributed by atoms with Gasteiger partial charge in [-0.3, -0.25) is 14.4 Å². The Hall–Kier alpha value is -5.61. The number of carbonyl (C=O) groups excluding carboxylic acids is 1. The molecule has 0 aromatic carbocycles. The third-order valence-corrected chi connectivity index (χ3v) is 12.2. The number of fused-ring (bicyclic) bond motifs is 8. The van der Waals surface area contributed by atoms with Crippen molar-refractivity contribution in [2.24, 2.45) is 0 Å². The first-order valence-electron chi connectivity index (χ1n) is 22.4. The number of aliphatic hydroxyl groups excluding tert-OH is 1. The Labute approximate surface area is 394 Å². The molecular formula is C54H65FeN4O6+. The maximum Gasteiger partial charge on any atom is 2.00 e. The number of carboxylic acid groups (broad SMARTS) is 2. The summed E-state index contributed by atoms with van der Waals surface area (Å²) in [6.45, 7) is 20.7. The molecule has 0 saturated carbocycles. The van der Waals surface area contributed by atoms with Crippen LogP contribution in [0.2, 0.25) is 0 Å². The fourth-order valence-corrected chi connectivity index (χ4v) is 8.44. The van der Waals surface area contributed by atoms with E-state index in [2.05, 4.69) is 70.5 Å². The van der Waals surface area contributed by atoms with E-state index in [-0.39, 0.29) is 42.8 Å². The topological polar surface area (TPSA) is 167 Å². The van der Waals surface area contributed by atoms with Crippen LogP contribution in [0.3, 0.4) is 0 Å². The van der Waals surface area contributed by atoms with Gasteiger partial charge < -0.3 is 25.3 Å². The number of aryl methyl sites for hydroxylation is 3. The predicted molar refractivity (Wildman–Crippen MR) is 258 cm³/mol. The number of nitrogens with zero attached hydrogens (tertiary/aromatic N) is 3. The number of nitrogens with one attached hydrogen (secondary N) is 1. The molecule has 1 atom stereocenters. The van der Waals surface area contributed by atoms with Gasteiger partial charge in [0.2, 0.25) is 11.4 Å². The largest absolute Gasteiger partial charge is 2.00 e. The van der Waals surface area contributed by atoms with Crippen LogP contribution in [0.5, 0.6) is 0 Å². The van der Waals surface area contributed by atoms with E-state index in [1.807, 2.05) is 32.9 Å². The van der Waals surface area contributed by atoms with Gasteiger partial charge in [0.05, 0.1) is 23.1 Å². The third-order valence-electron chi connectivity index (χ3n) is 12.2. The number of H-pyrrole nitrogens is 1. The molecule has 11 heteroatoms. The summed E-state index contributed by atoms with van der Waals surface area (Å²) in [6.07, 6.45) is 18.2. The molecule has 8 bridgehead atoms. The van der Waals surface area contributed by atoms with Crippen molar-refractivity contribution in [3.05, 3.63) is 129 Å². The summed E-state index contributed by atoms with van der Waals surface area (Å²) < 4.78 is 0. The van der Waals surface area contributed by atoms with E-state index in [0.717, 1.165) is 72.6 Å². The fourth-order valence-electron chi connectivity index (χ4n) is 8.44. The van der Waals surface area contributed by atoms with Crippen LogP contribution in [-0.2, 0) is 37.9 Å². The van der Waals surface area contributed by atoms with E-state index in [9.17, 15) is 29.7 Å². The van der Waals surface area contributed by atoms with Gasteiger partial charge in [-0.25, -0.2) is 9.97 Å². The number of hydrogen-bond acceptors (Lipinski definition) is 5. The Morgan fingerprint density at radius 2 is 1.23 bits per heavy atom. The van der Waals surface area contributed by atoms with Crippen LogP contribution < -0.4 is 15.0 Å². The Morgan fingerprint density at radius 1 is 0.692 bits per heavy atom. The van der Waals surface area contributed by atoms with Crippen LogP contribution in [0.1, 0.15) is 163 Å². The molecule has 10 nitrogen and oxygen atoms in total. The monoisotopic (exact) mass is 921 g/mol. The summed E-state index contributed by atoms with van der Waals surface area (Å²) >= 11 is 0. The molecule has 2 aliphatic rings. The zero-order valence-electron chi connectivity index (χ0n) is 39.3. The fraction of sp³-hybridized carbons (Fsp3) is 0.389. The van der Waals surface area contributed by atoms with E-state index in [1.54, 1.807) is 18.2 Å². The second-order valence-electron chi connectivity index (χ2n) is 17.5. The first-order chi connectivity index (χ1) is 30.5. The van der Waals surface area contributed by atoms with Crippen molar-refractivity contribution in [3.63, 3.8) is 0 Å². The molecule has 5 heterocycles. The summed E-state index contributed by atoms with van der Waals surface area (Å²) in [4.78, 5) is 54.8. The van der Waals surface area contributed by atoms with E-state index < -0.39 is 18.0 Å². The number of aromatic nitrogens is 4. The molecule has 344 valence electrons. The van der Waals surface area contributed by atoms with Gasteiger partial charge in [0.15, 0.2) is 6.29 Å². The van der Waals surface area contributed by atoms with Crippen LogP contribution >= 0.6 is 0 Å². The number of carboxylic acids is 2. The van der Waals surface area contributed by atoms with Gasteiger partial charge in [-0.05, 0) is 143 Å². The first-order valence-corrected chi connectivity index (χ1v) is 22.4. The van der Waals surface area contributed by atoms with E-state index in [4.69, 9.17) is 15.0 Å². The smallest absolute Gasteiger partial charge is 0.657 e. The number of aliphatic hydroxyl groups is 1. The van der Waals surface area contributed by atoms with Crippen LogP contribution in [0, 0.1) is 13.8 Å². The van der Waals surface area contributed by atoms with E-state index in [0.29, 0.717) is 74.4 Å². The molecule has 0 spiro atoms. The number of aromatic amines is 1. The minimum absolute atomic E-state index is 0. The first kappa shape index (κ1) is 52.0. The number of carbonyl (C=O) groups is 3. The van der Waals surface area contributed by atoms with Gasteiger partial charge in [0.1, 0.15) is 0 Å². The Bertz CT molecular complexity index is 2660. The Kier molecular flexibility index (Phi) is 19.3. The second kappa shape index (κ2) is 24.1. The second-order valence-corrected chi connectivity index (χ2v) is 17.5. The van der Waals surface area contributed by atoms with Crippen molar-refractivity contribution in [1.29, 1.82) is 0 Å². The molecule has 0 saturated heterocycles. The minimum Gasteiger partial charge on any atom is -0.657 e. The molecular weight excluding hydrogens is 856 g/mol. The molecule has 0 fully saturated rings. The average molecular weight is 922 g/mol. The third kappa shape index (κ3) is 13.7. The zero-order valence-corrected chi connectivity index (χ0v) is 40.4. The maximum absolute atomic E-state index is 12.8. The number of allylic oxidation sites excluding steroid dienone is 13. The molecule has 2 aliphatic heterocycles. The van der Waals surface area contributed by atoms with Gasteiger partial charge in [0.25, 0.3) is 0 Å². The predicted octanol–water partition coefficient (Wildman–Crippen LogP) is 11.7. The minimum atomic E-state index is -1.01. The van der Waals surface area contributed by atoms with Crippen molar-refractivity contribution >= 4 is 62.6 Å². The van der Waals surface area contributed by atoms with Crippen molar-refractivity contribution in [1.82, 2.24) is 15.0 Å². The average Bonchev–Trinajstić information content (AvgIpc) is 3.91.